The second-order valence-electron chi connectivity index (χ2n) is 7.30. The van der Waals surface area contributed by atoms with E-state index in [2.05, 4.69) is 13.2 Å². The van der Waals surface area contributed by atoms with Gasteiger partial charge in [0.1, 0.15) is 46.9 Å². The minimum atomic E-state index is -0.817. The quantitative estimate of drug-likeness (QED) is 0.190. The van der Waals surface area contributed by atoms with Crippen molar-refractivity contribution in [2.24, 2.45) is 5.73 Å². The fourth-order valence-electron chi connectivity index (χ4n) is 2.62. The molecule has 0 spiro atoms. The predicted octanol–water partition coefficient (Wildman–Crippen LogP) is 6.73. The van der Waals surface area contributed by atoms with E-state index >= 15 is 0 Å². The number of ether oxygens (including phenoxy) is 2. The van der Waals surface area contributed by atoms with Gasteiger partial charge < -0.3 is 15.2 Å². The lowest BCUT2D eigenvalue weighted by Crippen LogP contribution is -2.03. The molecule has 38 heavy (non-hydrogen) atoms. The van der Waals surface area contributed by atoms with Gasteiger partial charge in [-0.2, -0.15) is 10.5 Å². The average Bonchev–Trinajstić information content (AvgIpc) is 2.90. The fourth-order valence-corrected chi connectivity index (χ4v) is 2.62. The molecule has 3 rings (SSSR count). The molecule has 3 aromatic rings. The summed E-state index contributed by atoms with van der Waals surface area (Å²) in [4.78, 5) is 0. The highest BCUT2D eigenvalue weighted by atomic mass is 19.1. The first-order valence-corrected chi connectivity index (χ1v) is 11.3. The second kappa shape index (κ2) is 17.8. The van der Waals surface area contributed by atoms with Crippen LogP contribution in [0.4, 0.5) is 17.6 Å². The standard InChI is InChI=1S/C11H14FNO.C11H10FNO.C7H3F2N/c2*1-2-3-6-14-11-7-10(12)5-4-9(11)8-13;8-6-2-1-5(4-10)7(9)3-6/h2,4-5,7H,1,3,6,8,13H2;2,4-5,7H,1,3,6H2;1-3H. The SMILES string of the molecule is C=CCCOc1cc(F)ccc1C#N.C=CCCOc1cc(F)ccc1CN.N#Cc1ccc(F)cc1F. The molecule has 0 aromatic heterocycles. The Balaban J connectivity index is 0.000000290. The third kappa shape index (κ3) is 11.4. The first-order valence-electron chi connectivity index (χ1n) is 11.3. The van der Waals surface area contributed by atoms with Crippen LogP contribution in [0.5, 0.6) is 11.5 Å². The van der Waals surface area contributed by atoms with Crippen molar-refractivity contribution in [1.29, 1.82) is 10.5 Å². The van der Waals surface area contributed by atoms with Crippen molar-refractivity contribution in [2.45, 2.75) is 19.4 Å². The molecule has 9 heteroatoms. The highest BCUT2D eigenvalue weighted by molar-refractivity contribution is 5.43. The van der Waals surface area contributed by atoms with Crippen LogP contribution in [0.3, 0.4) is 0 Å². The highest BCUT2D eigenvalue weighted by Crippen LogP contribution is 2.20. The molecule has 0 amide bonds. The molecule has 0 aliphatic rings. The Labute approximate surface area is 219 Å². The van der Waals surface area contributed by atoms with Gasteiger partial charge in [-0.1, -0.05) is 18.2 Å². The molecule has 0 aliphatic carbocycles. The molecular formula is C29H27F4N3O2. The number of hydrogen-bond donors (Lipinski definition) is 1. The van der Waals surface area contributed by atoms with Crippen LogP contribution >= 0.6 is 0 Å². The maximum absolute atomic E-state index is 12.9. The van der Waals surface area contributed by atoms with Gasteiger partial charge in [-0.05, 0) is 43.2 Å². The number of hydrogen-bond acceptors (Lipinski definition) is 5. The number of nitrogens with zero attached hydrogens (tertiary/aromatic N) is 2. The normalized spacial score (nSPS) is 9.34. The topological polar surface area (TPSA) is 92.1 Å². The highest BCUT2D eigenvalue weighted by Gasteiger charge is 2.04. The monoisotopic (exact) mass is 525 g/mol. The number of halogens is 4. The van der Waals surface area contributed by atoms with Gasteiger partial charge >= 0.3 is 0 Å². The molecule has 3 aromatic carbocycles. The van der Waals surface area contributed by atoms with E-state index in [0.29, 0.717) is 43.6 Å². The zero-order valence-electron chi connectivity index (χ0n) is 20.6. The Hall–Kier alpha value is -4.60. The van der Waals surface area contributed by atoms with Gasteiger partial charge in [0.15, 0.2) is 0 Å². The first-order chi connectivity index (χ1) is 18.3. The molecule has 5 nitrogen and oxygen atoms in total. The minimum Gasteiger partial charge on any atom is -0.493 e. The number of nitrogens with two attached hydrogens (primary N) is 1. The molecule has 0 bridgehead atoms. The summed E-state index contributed by atoms with van der Waals surface area (Å²) in [6.07, 6.45) is 4.86. The minimum absolute atomic E-state index is 0.138. The summed E-state index contributed by atoms with van der Waals surface area (Å²) in [5, 5.41) is 16.9. The predicted molar refractivity (Wildman–Crippen MR) is 137 cm³/mol. The smallest absolute Gasteiger partial charge is 0.143 e. The molecule has 0 atom stereocenters. The van der Waals surface area contributed by atoms with Crippen LogP contribution in [0, 0.1) is 45.9 Å². The molecule has 0 saturated carbocycles. The van der Waals surface area contributed by atoms with Gasteiger partial charge in [-0.25, -0.2) is 17.6 Å². The first kappa shape index (κ1) is 31.4. The number of benzene rings is 3. The summed E-state index contributed by atoms with van der Waals surface area (Å²) in [7, 11) is 0. The lowest BCUT2D eigenvalue weighted by Gasteiger charge is -2.09. The zero-order chi connectivity index (χ0) is 28.3. The van der Waals surface area contributed by atoms with Gasteiger partial charge in [0.05, 0.1) is 24.3 Å². The molecule has 0 aliphatic heterocycles. The van der Waals surface area contributed by atoms with Gasteiger partial charge in [0.25, 0.3) is 0 Å². The maximum atomic E-state index is 12.9. The third-order valence-corrected chi connectivity index (χ3v) is 4.52. The Morgan fingerprint density at radius 2 is 1.18 bits per heavy atom. The Bertz CT molecular complexity index is 1280. The van der Waals surface area contributed by atoms with Gasteiger partial charge in [-0.15, -0.1) is 13.2 Å². The Morgan fingerprint density at radius 3 is 1.68 bits per heavy atom. The van der Waals surface area contributed by atoms with Crippen LogP contribution in [-0.2, 0) is 6.54 Å². The lowest BCUT2D eigenvalue weighted by molar-refractivity contribution is 0.320. The van der Waals surface area contributed by atoms with Crippen molar-refractivity contribution < 1.29 is 27.0 Å². The molecular weight excluding hydrogens is 498 g/mol. The van der Waals surface area contributed by atoms with Crippen LogP contribution in [0.15, 0.2) is 79.9 Å². The van der Waals surface area contributed by atoms with E-state index in [4.69, 9.17) is 25.7 Å². The Kier molecular flexibility index (Phi) is 14.7. The molecule has 0 radical (unpaired) electrons. The van der Waals surface area contributed by atoms with Crippen molar-refractivity contribution in [3.05, 3.63) is 120 Å². The van der Waals surface area contributed by atoms with Crippen LogP contribution in [0.1, 0.15) is 29.5 Å². The van der Waals surface area contributed by atoms with E-state index < -0.39 is 17.5 Å². The summed E-state index contributed by atoms with van der Waals surface area (Å²) in [5.41, 5.74) is 6.50. The van der Waals surface area contributed by atoms with Gasteiger partial charge in [0.2, 0.25) is 0 Å². The zero-order valence-corrected chi connectivity index (χ0v) is 20.6. The van der Waals surface area contributed by atoms with Crippen molar-refractivity contribution in [2.75, 3.05) is 13.2 Å². The van der Waals surface area contributed by atoms with E-state index in [-0.39, 0.29) is 17.1 Å². The molecule has 0 heterocycles. The van der Waals surface area contributed by atoms with E-state index in [9.17, 15) is 17.6 Å². The van der Waals surface area contributed by atoms with E-state index in [1.807, 2.05) is 6.07 Å². The van der Waals surface area contributed by atoms with E-state index in [0.717, 1.165) is 24.1 Å². The number of rotatable bonds is 9. The second-order valence-corrected chi connectivity index (χ2v) is 7.30. The lowest BCUT2D eigenvalue weighted by atomic mass is 10.2. The van der Waals surface area contributed by atoms with E-state index in [1.54, 1.807) is 24.3 Å². The maximum Gasteiger partial charge on any atom is 0.143 e. The molecule has 2 N–H and O–H groups in total. The summed E-state index contributed by atoms with van der Waals surface area (Å²) < 4.78 is 60.7. The van der Waals surface area contributed by atoms with Crippen molar-refractivity contribution in [3.8, 4) is 23.6 Å². The molecule has 198 valence electrons. The van der Waals surface area contributed by atoms with Crippen molar-refractivity contribution in [1.82, 2.24) is 0 Å². The van der Waals surface area contributed by atoms with Crippen LogP contribution in [-0.4, -0.2) is 13.2 Å². The van der Waals surface area contributed by atoms with Gasteiger partial charge in [-0.3, -0.25) is 0 Å². The molecule has 0 saturated heterocycles. The van der Waals surface area contributed by atoms with Crippen LogP contribution < -0.4 is 15.2 Å². The summed E-state index contributed by atoms with van der Waals surface area (Å²) in [6, 6.07) is 14.6. The van der Waals surface area contributed by atoms with Crippen LogP contribution in [0.25, 0.3) is 0 Å². The summed E-state index contributed by atoms with van der Waals surface area (Å²) >= 11 is 0. The average molecular weight is 526 g/mol. The molecule has 0 unspecified atom stereocenters. The third-order valence-electron chi connectivity index (χ3n) is 4.52. The van der Waals surface area contributed by atoms with Crippen LogP contribution in [0.2, 0.25) is 0 Å². The summed E-state index contributed by atoms with van der Waals surface area (Å²) in [5.74, 6) is -1.39. The molecule has 0 fully saturated rings. The van der Waals surface area contributed by atoms with Gasteiger partial charge in [0, 0.05) is 30.3 Å². The fraction of sp³-hybridized carbons (Fsp3) is 0.172. The summed E-state index contributed by atoms with van der Waals surface area (Å²) in [6.45, 7) is 8.36. The van der Waals surface area contributed by atoms with Crippen molar-refractivity contribution in [3.63, 3.8) is 0 Å². The van der Waals surface area contributed by atoms with Crippen molar-refractivity contribution >= 4 is 0 Å². The number of nitriles is 2. The largest absolute Gasteiger partial charge is 0.493 e. The Morgan fingerprint density at radius 1 is 0.711 bits per heavy atom. The van der Waals surface area contributed by atoms with E-state index in [1.165, 1.54) is 30.3 Å².